The number of anilines is 2. The number of carbonyl (C=O) groups excluding carboxylic acids is 2. The molecule has 390 valence electrons. The Morgan fingerprint density at radius 1 is 1.03 bits per heavy atom. The van der Waals surface area contributed by atoms with Crippen molar-refractivity contribution >= 4 is 50.2 Å². The van der Waals surface area contributed by atoms with Crippen molar-refractivity contribution in [2.75, 3.05) is 70.7 Å². The largest absolute Gasteiger partial charge is 0.478 e. The van der Waals surface area contributed by atoms with E-state index in [0.29, 0.717) is 76.1 Å². The number of nitrogens with zero attached hydrogens (tertiary/aromatic N) is 7. The number of H-pyrrole nitrogens is 1. The molecule has 4 N–H and O–H groups in total. The Hall–Kier alpha value is -6.58. The van der Waals surface area contributed by atoms with Gasteiger partial charge in [-0.2, -0.15) is 4.98 Å². The molecule has 3 aromatic heterocycles. The molecular formula is C52H65FN10O9S. The third-order valence-electron chi connectivity index (χ3n) is 15.5. The smallest absolute Gasteiger partial charge is 0.319 e. The predicted octanol–water partition coefficient (Wildman–Crippen LogP) is 8.19. The molecule has 2 saturated heterocycles. The van der Waals surface area contributed by atoms with Gasteiger partial charge in [0.25, 0.3) is 21.8 Å². The Kier molecular flexibility index (Phi) is 14.3. The summed E-state index contributed by atoms with van der Waals surface area (Å²) in [6.45, 7) is 10.00. The number of piperazine rings is 1. The topological polar surface area (TPSA) is 229 Å². The van der Waals surface area contributed by atoms with E-state index in [0.717, 1.165) is 50.7 Å². The number of sulfonamides is 1. The zero-order valence-corrected chi connectivity index (χ0v) is 43.0. The van der Waals surface area contributed by atoms with Gasteiger partial charge in [-0.3, -0.25) is 19.8 Å². The van der Waals surface area contributed by atoms with Crippen molar-refractivity contribution in [3.8, 4) is 17.4 Å². The Morgan fingerprint density at radius 2 is 1.75 bits per heavy atom. The van der Waals surface area contributed by atoms with Crippen molar-refractivity contribution in [1.82, 2.24) is 34.4 Å². The van der Waals surface area contributed by atoms with Gasteiger partial charge >= 0.3 is 11.7 Å². The van der Waals surface area contributed by atoms with Crippen molar-refractivity contribution in [2.24, 2.45) is 11.3 Å². The third-order valence-corrected chi connectivity index (χ3v) is 16.8. The standard InChI is InChI=1S/C52H65FN10O9S/c1-32(2)37-9-7-8-10-38(37)43-31-61(50(65)59(4)5)21-22-62(43)35-26-52(27-35)17-19-60(20-18-52)34-11-12-39(44(23-34)72-45-25-40-41(53)30-56-46(40)57-49(45)71-6)48(64)58-73(69,70)36-24-42(63(67)68)47(55-29-36)54-28-33-13-15-51(3,66)16-14-33/h7-12,23-25,29-30,32-33,35,43,66H,13-22,26-28,31H2,1-6H3,(H,54,55)(H,56,57)(H,58,64)/t33?,43-,51?/m0/s1. The molecule has 5 heterocycles. The monoisotopic (exact) mass is 1020 g/mol. The van der Waals surface area contributed by atoms with Gasteiger partial charge in [0, 0.05) is 89.5 Å². The van der Waals surface area contributed by atoms with E-state index in [1.54, 1.807) is 38.1 Å². The number of halogens is 1. The minimum absolute atomic E-state index is 0.0198. The highest BCUT2D eigenvalue weighted by Crippen LogP contribution is 2.53. The average Bonchev–Trinajstić information content (AvgIpc) is 3.72. The quantitative estimate of drug-likeness (QED) is 0.0608. The summed E-state index contributed by atoms with van der Waals surface area (Å²) in [6.07, 6.45) is 8.54. The fourth-order valence-electron chi connectivity index (χ4n) is 11.3. The number of pyridine rings is 2. The maximum absolute atomic E-state index is 14.9. The molecule has 1 atom stereocenters. The van der Waals surface area contributed by atoms with Gasteiger partial charge in [-0.05, 0) is 98.8 Å². The zero-order valence-electron chi connectivity index (χ0n) is 42.2. The summed E-state index contributed by atoms with van der Waals surface area (Å²) in [5.41, 5.74) is 2.05. The number of carbonyl (C=O) groups is 2. The minimum atomic E-state index is -4.75. The van der Waals surface area contributed by atoms with Gasteiger partial charge in [-0.25, -0.2) is 27.3 Å². The first-order valence-electron chi connectivity index (χ1n) is 25.0. The second kappa shape index (κ2) is 20.4. The van der Waals surface area contributed by atoms with Crippen LogP contribution in [0, 0.1) is 27.3 Å². The van der Waals surface area contributed by atoms with Crippen LogP contribution in [-0.2, 0) is 10.0 Å². The average molecular weight is 1030 g/mol. The van der Waals surface area contributed by atoms with Crippen LogP contribution in [0.3, 0.4) is 0 Å². The van der Waals surface area contributed by atoms with Gasteiger partial charge in [0.15, 0.2) is 5.75 Å². The Labute approximate surface area is 424 Å². The Bertz CT molecular complexity index is 3000. The molecule has 0 radical (unpaired) electrons. The second-order valence-corrected chi connectivity index (χ2v) is 22.8. The number of aliphatic hydroxyl groups is 1. The van der Waals surface area contributed by atoms with Crippen LogP contribution in [0.4, 0.5) is 26.4 Å². The lowest BCUT2D eigenvalue weighted by molar-refractivity contribution is -0.384. The molecule has 73 heavy (non-hydrogen) atoms. The van der Waals surface area contributed by atoms with E-state index in [2.05, 4.69) is 68.2 Å². The molecule has 4 fully saturated rings. The molecule has 21 heteroatoms. The van der Waals surface area contributed by atoms with Crippen LogP contribution in [0.25, 0.3) is 11.0 Å². The maximum atomic E-state index is 14.9. The highest BCUT2D eigenvalue weighted by Gasteiger charge is 2.50. The van der Waals surface area contributed by atoms with Crippen LogP contribution in [-0.4, -0.2) is 132 Å². The number of nitro groups is 1. The highest BCUT2D eigenvalue weighted by molar-refractivity contribution is 7.90. The zero-order chi connectivity index (χ0) is 52.0. The Balaban J connectivity index is 0.930. The minimum Gasteiger partial charge on any atom is -0.478 e. The first kappa shape index (κ1) is 51.3. The number of ether oxygens (including phenoxy) is 2. The van der Waals surface area contributed by atoms with Crippen LogP contribution in [0.2, 0.25) is 0 Å². The van der Waals surface area contributed by atoms with Crippen LogP contribution in [0.15, 0.2) is 71.9 Å². The molecular weight excluding hydrogens is 960 g/mol. The lowest BCUT2D eigenvalue weighted by Crippen LogP contribution is -2.61. The van der Waals surface area contributed by atoms with Gasteiger partial charge in [0.2, 0.25) is 5.82 Å². The molecule has 2 saturated carbocycles. The number of aromatic amines is 1. The van der Waals surface area contributed by atoms with E-state index in [1.807, 2.05) is 9.62 Å². The third kappa shape index (κ3) is 10.8. The van der Waals surface area contributed by atoms with E-state index in [1.165, 1.54) is 30.4 Å². The summed E-state index contributed by atoms with van der Waals surface area (Å²) in [7, 11) is 0.203. The van der Waals surface area contributed by atoms with Gasteiger partial charge in [0.1, 0.15) is 22.1 Å². The molecule has 2 aliphatic heterocycles. The van der Waals surface area contributed by atoms with Crippen LogP contribution < -0.4 is 24.4 Å². The molecule has 0 bridgehead atoms. The summed E-state index contributed by atoms with van der Waals surface area (Å²) in [4.78, 5) is 57.9. The number of methoxy groups -OCH3 is 1. The van der Waals surface area contributed by atoms with E-state index in [-0.39, 0.29) is 63.2 Å². The van der Waals surface area contributed by atoms with E-state index in [9.17, 15) is 37.6 Å². The van der Waals surface area contributed by atoms with Crippen molar-refractivity contribution in [3.63, 3.8) is 0 Å². The van der Waals surface area contributed by atoms with Crippen molar-refractivity contribution in [3.05, 3.63) is 99.6 Å². The lowest BCUT2D eigenvalue weighted by atomic mass is 9.59. The van der Waals surface area contributed by atoms with Crippen molar-refractivity contribution < 1.29 is 41.9 Å². The van der Waals surface area contributed by atoms with Gasteiger partial charge in [-0.1, -0.05) is 38.1 Å². The summed E-state index contributed by atoms with van der Waals surface area (Å²) in [6, 6.07) is 16.1. The fraction of sp³-hybridized carbons (Fsp3) is 0.500. The lowest BCUT2D eigenvalue weighted by Gasteiger charge is -2.58. The first-order chi connectivity index (χ1) is 34.7. The van der Waals surface area contributed by atoms with E-state index >= 15 is 0 Å². The van der Waals surface area contributed by atoms with Crippen LogP contribution in [0.1, 0.15) is 106 Å². The molecule has 3 amide bonds. The van der Waals surface area contributed by atoms with Gasteiger partial charge < -0.3 is 39.6 Å². The summed E-state index contributed by atoms with van der Waals surface area (Å²) in [5, 5.41) is 25.6. The molecule has 5 aromatic rings. The van der Waals surface area contributed by atoms with Crippen LogP contribution in [0.5, 0.6) is 17.4 Å². The normalized spacial score (nSPS) is 21.5. The number of amides is 3. The molecule has 1 spiro atoms. The number of aromatic nitrogens is 3. The van der Waals surface area contributed by atoms with Crippen LogP contribution >= 0.6 is 0 Å². The number of benzene rings is 2. The molecule has 9 rings (SSSR count). The number of hydrogen-bond donors (Lipinski definition) is 4. The number of rotatable bonds is 14. The van der Waals surface area contributed by atoms with Crippen molar-refractivity contribution in [1.29, 1.82) is 0 Å². The van der Waals surface area contributed by atoms with Gasteiger partial charge in [-0.15, -0.1) is 0 Å². The fourth-order valence-corrected chi connectivity index (χ4v) is 12.2. The summed E-state index contributed by atoms with van der Waals surface area (Å²) >= 11 is 0. The predicted molar refractivity (Wildman–Crippen MR) is 273 cm³/mol. The van der Waals surface area contributed by atoms with Crippen molar-refractivity contribution in [2.45, 2.75) is 101 Å². The second-order valence-electron chi connectivity index (χ2n) is 21.1. The van der Waals surface area contributed by atoms with E-state index < -0.39 is 42.9 Å². The molecule has 2 aromatic carbocycles. The molecule has 0 unspecified atom stereocenters. The number of fused-ring (bicyclic) bond motifs is 1. The first-order valence-corrected chi connectivity index (χ1v) is 26.5. The molecule has 19 nitrogen and oxygen atoms in total. The number of piperidine rings is 1. The molecule has 4 aliphatic rings. The number of nitrogens with one attached hydrogen (secondary N) is 3. The summed E-state index contributed by atoms with van der Waals surface area (Å²) < 4.78 is 56.4. The van der Waals surface area contributed by atoms with E-state index in [4.69, 9.17) is 9.47 Å². The van der Waals surface area contributed by atoms with Gasteiger partial charge in [0.05, 0.1) is 40.8 Å². The highest BCUT2D eigenvalue weighted by atomic mass is 32.2. The maximum Gasteiger partial charge on any atom is 0.319 e. The number of urea groups is 1. The Morgan fingerprint density at radius 3 is 2.44 bits per heavy atom. The molecule has 2 aliphatic carbocycles. The summed E-state index contributed by atoms with van der Waals surface area (Å²) in [5.74, 6) is -1.50. The SMILES string of the molecule is COc1nc2[nH]cc(F)c2cc1Oc1cc(N2CCC3(CC2)CC(N2CCN(C(=O)N(C)C)C[C@H]2c2ccccc2C(C)C)C3)ccc1C(=O)NS(=O)(=O)c1cnc(NCC2CCC(C)(O)CC2)c([N+](=O)[O-])c1. The number of hydrogen-bond acceptors (Lipinski definition) is 14.